The average molecular weight is 472 g/mol. The molecule has 0 spiro atoms. The number of rotatable bonds is 9. The van der Waals surface area contributed by atoms with E-state index in [2.05, 4.69) is 0 Å². The molecule has 0 radical (unpaired) electrons. The van der Waals surface area contributed by atoms with E-state index in [0.717, 1.165) is 6.08 Å². The first-order valence-electron chi connectivity index (χ1n) is 11.1. The summed E-state index contributed by atoms with van der Waals surface area (Å²) in [5.74, 6) is -3.92. The molecule has 3 rings (SSSR count). The lowest BCUT2D eigenvalue weighted by Gasteiger charge is -2.37. The lowest BCUT2D eigenvalue weighted by atomic mass is 9.78. The largest absolute Gasteiger partial charge is 0.497 e. The fraction of sp³-hybridized carbons (Fsp3) is 0.440. The predicted octanol–water partition coefficient (Wildman–Crippen LogP) is 3.08. The minimum atomic E-state index is -1.95. The highest BCUT2D eigenvalue weighted by Gasteiger charge is 2.52. The quantitative estimate of drug-likeness (QED) is 0.304. The summed E-state index contributed by atoms with van der Waals surface area (Å²) < 4.78 is 27.5. The SMILES string of the molecule is CCOC(=O)C(CC1=CC(=O)CCO1)(CC1=CC(=O)OC(C)(c2ccccc2)O1)C(=O)OCC. The van der Waals surface area contributed by atoms with E-state index in [1.807, 2.05) is 0 Å². The normalized spacial score (nSPS) is 20.2. The fourth-order valence-corrected chi connectivity index (χ4v) is 3.85. The Morgan fingerprint density at radius 3 is 2.15 bits per heavy atom. The highest BCUT2D eigenvalue weighted by Crippen LogP contribution is 2.42. The number of cyclic esters (lactones) is 1. The van der Waals surface area contributed by atoms with Gasteiger partial charge in [0, 0.05) is 37.8 Å². The molecule has 2 heterocycles. The van der Waals surface area contributed by atoms with E-state index in [1.165, 1.54) is 6.08 Å². The van der Waals surface area contributed by atoms with Crippen molar-refractivity contribution in [1.82, 2.24) is 0 Å². The van der Waals surface area contributed by atoms with Crippen LogP contribution in [0.3, 0.4) is 0 Å². The first kappa shape index (κ1) is 25.0. The van der Waals surface area contributed by atoms with Gasteiger partial charge in [0.25, 0.3) is 5.79 Å². The standard InChI is InChI=1S/C25H28O9/c1-4-30-22(28)25(23(29)31-5-2,15-19-13-18(26)11-12-32-19)16-20-14-21(27)34-24(3,33-20)17-9-7-6-8-10-17/h6-10,13-14H,4-5,11-12,15-16H2,1-3H3. The molecule has 9 nitrogen and oxygen atoms in total. The zero-order valence-electron chi connectivity index (χ0n) is 19.5. The highest BCUT2D eigenvalue weighted by atomic mass is 16.7. The molecule has 1 aromatic rings. The van der Waals surface area contributed by atoms with Crippen LogP contribution in [-0.2, 0) is 48.6 Å². The van der Waals surface area contributed by atoms with Crippen molar-refractivity contribution in [3.8, 4) is 0 Å². The summed E-state index contributed by atoms with van der Waals surface area (Å²) in [6.07, 6.45) is 1.88. The predicted molar refractivity (Wildman–Crippen MR) is 118 cm³/mol. The minimum Gasteiger partial charge on any atom is -0.497 e. The zero-order valence-corrected chi connectivity index (χ0v) is 19.5. The first-order valence-corrected chi connectivity index (χ1v) is 11.1. The van der Waals surface area contributed by atoms with Crippen LogP contribution in [0, 0.1) is 5.41 Å². The van der Waals surface area contributed by atoms with Crippen molar-refractivity contribution >= 4 is 23.7 Å². The molecule has 34 heavy (non-hydrogen) atoms. The van der Waals surface area contributed by atoms with E-state index in [1.54, 1.807) is 51.1 Å². The molecule has 0 fully saturated rings. The van der Waals surface area contributed by atoms with E-state index in [9.17, 15) is 19.2 Å². The van der Waals surface area contributed by atoms with Crippen LogP contribution in [-0.4, -0.2) is 43.5 Å². The number of allylic oxidation sites excluding steroid dienone is 3. The maximum absolute atomic E-state index is 13.2. The van der Waals surface area contributed by atoms with E-state index >= 15 is 0 Å². The number of ether oxygens (including phenoxy) is 5. The molecule has 182 valence electrons. The van der Waals surface area contributed by atoms with Gasteiger partial charge in [-0.15, -0.1) is 0 Å². The molecule has 0 saturated carbocycles. The third-order valence-electron chi connectivity index (χ3n) is 5.44. The summed E-state index contributed by atoms with van der Waals surface area (Å²) in [5.41, 5.74) is -1.38. The van der Waals surface area contributed by atoms with Crippen LogP contribution in [0.5, 0.6) is 0 Å². The summed E-state index contributed by atoms with van der Waals surface area (Å²) in [5, 5.41) is 0. The molecule has 0 N–H and O–H groups in total. The summed E-state index contributed by atoms with van der Waals surface area (Å²) in [7, 11) is 0. The van der Waals surface area contributed by atoms with Crippen molar-refractivity contribution in [3.05, 3.63) is 59.6 Å². The van der Waals surface area contributed by atoms with Crippen molar-refractivity contribution in [3.63, 3.8) is 0 Å². The number of carbonyl (C=O) groups is 4. The van der Waals surface area contributed by atoms with Crippen molar-refractivity contribution in [2.45, 2.75) is 45.8 Å². The molecule has 0 aliphatic carbocycles. The number of hydrogen-bond donors (Lipinski definition) is 0. The van der Waals surface area contributed by atoms with Crippen LogP contribution in [0.1, 0.15) is 45.6 Å². The van der Waals surface area contributed by atoms with Crippen molar-refractivity contribution in [2.75, 3.05) is 19.8 Å². The Morgan fingerprint density at radius 2 is 1.56 bits per heavy atom. The molecule has 1 atom stereocenters. The van der Waals surface area contributed by atoms with Gasteiger partial charge in [0.2, 0.25) is 0 Å². The second-order valence-electron chi connectivity index (χ2n) is 8.00. The van der Waals surface area contributed by atoms with Gasteiger partial charge in [-0.3, -0.25) is 14.4 Å². The molecule has 0 bridgehead atoms. The van der Waals surface area contributed by atoms with Crippen LogP contribution >= 0.6 is 0 Å². The smallest absolute Gasteiger partial charge is 0.337 e. The zero-order chi connectivity index (χ0) is 24.8. The number of carbonyl (C=O) groups excluding carboxylic acids is 4. The van der Waals surface area contributed by atoms with Gasteiger partial charge in [-0.25, -0.2) is 4.79 Å². The minimum absolute atomic E-state index is 0.00248. The maximum Gasteiger partial charge on any atom is 0.337 e. The molecular formula is C25H28O9. The third-order valence-corrected chi connectivity index (χ3v) is 5.44. The Bertz CT molecular complexity index is 990. The fourth-order valence-electron chi connectivity index (χ4n) is 3.85. The number of ketones is 1. The Kier molecular flexibility index (Phi) is 7.75. The van der Waals surface area contributed by atoms with Crippen LogP contribution in [0.2, 0.25) is 0 Å². The van der Waals surface area contributed by atoms with Crippen LogP contribution in [0.4, 0.5) is 0 Å². The first-order chi connectivity index (χ1) is 16.2. The molecule has 2 aliphatic rings. The molecule has 0 amide bonds. The molecule has 1 aromatic carbocycles. The van der Waals surface area contributed by atoms with Gasteiger partial charge < -0.3 is 23.7 Å². The van der Waals surface area contributed by atoms with Gasteiger partial charge in [-0.05, 0) is 13.8 Å². The van der Waals surface area contributed by atoms with E-state index in [4.69, 9.17) is 23.7 Å². The van der Waals surface area contributed by atoms with Crippen molar-refractivity contribution < 1.29 is 42.9 Å². The van der Waals surface area contributed by atoms with Crippen LogP contribution in [0.15, 0.2) is 54.0 Å². The lowest BCUT2D eigenvalue weighted by Crippen LogP contribution is -2.45. The summed E-state index contributed by atoms with van der Waals surface area (Å²) >= 11 is 0. The lowest BCUT2D eigenvalue weighted by molar-refractivity contribution is -0.222. The second-order valence-corrected chi connectivity index (χ2v) is 8.00. The van der Waals surface area contributed by atoms with Gasteiger partial charge in [-0.2, -0.15) is 0 Å². The van der Waals surface area contributed by atoms with Gasteiger partial charge in [-0.1, -0.05) is 30.3 Å². The van der Waals surface area contributed by atoms with E-state index in [-0.39, 0.29) is 56.4 Å². The topological polar surface area (TPSA) is 114 Å². The Hall–Kier alpha value is -3.62. The molecule has 0 aromatic heterocycles. The Labute approximate surface area is 197 Å². The van der Waals surface area contributed by atoms with Gasteiger partial charge in [0.1, 0.15) is 11.5 Å². The number of benzene rings is 1. The molecule has 2 aliphatic heterocycles. The molecular weight excluding hydrogens is 444 g/mol. The Morgan fingerprint density at radius 1 is 0.941 bits per heavy atom. The number of hydrogen-bond acceptors (Lipinski definition) is 9. The molecule has 9 heteroatoms. The highest BCUT2D eigenvalue weighted by molar-refractivity contribution is 6.01. The second kappa shape index (κ2) is 10.5. The summed E-state index contributed by atoms with van der Waals surface area (Å²) in [6, 6.07) is 8.79. The van der Waals surface area contributed by atoms with Crippen LogP contribution < -0.4 is 0 Å². The van der Waals surface area contributed by atoms with E-state index in [0.29, 0.717) is 5.56 Å². The Balaban J connectivity index is 2.02. The number of esters is 3. The maximum atomic E-state index is 13.2. The monoisotopic (exact) mass is 472 g/mol. The van der Waals surface area contributed by atoms with Gasteiger partial charge in [0.15, 0.2) is 11.2 Å². The van der Waals surface area contributed by atoms with Crippen LogP contribution in [0.25, 0.3) is 0 Å². The summed E-state index contributed by atoms with van der Waals surface area (Å²) in [6.45, 7) is 4.91. The average Bonchev–Trinajstić information content (AvgIpc) is 2.79. The van der Waals surface area contributed by atoms with E-state index < -0.39 is 29.1 Å². The molecule has 0 saturated heterocycles. The van der Waals surface area contributed by atoms with Gasteiger partial charge >= 0.3 is 17.9 Å². The summed E-state index contributed by atoms with van der Waals surface area (Å²) in [4.78, 5) is 50.9. The van der Waals surface area contributed by atoms with Crippen molar-refractivity contribution in [2.24, 2.45) is 5.41 Å². The third kappa shape index (κ3) is 5.47. The van der Waals surface area contributed by atoms with Crippen molar-refractivity contribution in [1.29, 1.82) is 0 Å². The van der Waals surface area contributed by atoms with Gasteiger partial charge in [0.05, 0.1) is 25.9 Å². The molecule has 1 unspecified atom stereocenters.